The molecule has 4 bridgehead atoms. The number of esters is 2. The first-order valence-electron chi connectivity index (χ1n) is 15.8. The molecule has 7 atom stereocenters. The van der Waals surface area contributed by atoms with Crippen LogP contribution in [0.15, 0.2) is 0 Å². The van der Waals surface area contributed by atoms with Gasteiger partial charge >= 0.3 is 11.9 Å². The van der Waals surface area contributed by atoms with Gasteiger partial charge in [0.05, 0.1) is 10.8 Å². The Hall–Kier alpha value is -1.06. The summed E-state index contributed by atoms with van der Waals surface area (Å²) in [5, 5.41) is 0. The number of ether oxygens (including phenoxy) is 2. The quantitative estimate of drug-likeness (QED) is 0.240. The van der Waals surface area contributed by atoms with Gasteiger partial charge in [0, 0.05) is 5.92 Å². The SMILES string of the molecule is CCC(C)(C)C(=O)OC1(CC)CC2CC1C1C3CCC(C3)C21.CCC1(OC(=O)C(C)(C)CC)CCCC1. The first-order valence-corrected chi connectivity index (χ1v) is 15.8. The van der Waals surface area contributed by atoms with Crippen molar-refractivity contribution >= 4 is 11.9 Å². The van der Waals surface area contributed by atoms with Gasteiger partial charge < -0.3 is 9.47 Å². The highest BCUT2D eigenvalue weighted by atomic mass is 16.6. The van der Waals surface area contributed by atoms with Crippen LogP contribution in [-0.4, -0.2) is 23.1 Å². The van der Waals surface area contributed by atoms with Gasteiger partial charge in [-0.3, -0.25) is 9.59 Å². The molecule has 0 spiro atoms. The van der Waals surface area contributed by atoms with Crippen LogP contribution >= 0.6 is 0 Å². The summed E-state index contributed by atoms with van der Waals surface area (Å²) >= 11 is 0. The van der Waals surface area contributed by atoms with E-state index in [9.17, 15) is 9.59 Å². The molecule has 5 aliphatic rings. The lowest BCUT2D eigenvalue weighted by Gasteiger charge is -2.46. The van der Waals surface area contributed by atoms with Crippen molar-refractivity contribution in [3.05, 3.63) is 0 Å². The Morgan fingerprint density at radius 1 is 0.730 bits per heavy atom. The van der Waals surface area contributed by atoms with E-state index in [0.717, 1.165) is 74.5 Å². The second-order valence-electron chi connectivity index (χ2n) is 14.7. The van der Waals surface area contributed by atoms with Crippen molar-refractivity contribution in [1.82, 2.24) is 0 Å². The van der Waals surface area contributed by atoms with Gasteiger partial charge in [0.25, 0.3) is 0 Å². The molecule has 0 N–H and O–H groups in total. The Labute approximate surface area is 227 Å². The Balaban J connectivity index is 0.000000188. The Morgan fingerprint density at radius 3 is 1.78 bits per heavy atom. The third-order valence-electron chi connectivity index (χ3n) is 12.1. The maximum absolute atomic E-state index is 12.7. The Morgan fingerprint density at radius 2 is 1.27 bits per heavy atom. The monoisotopic (exact) mass is 516 g/mol. The van der Waals surface area contributed by atoms with Crippen LogP contribution in [0.1, 0.15) is 139 Å². The van der Waals surface area contributed by atoms with Crippen molar-refractivity contribution in [2.45, 2.75) is 150 Å². The second-order valence-corrected chi connectivity index (χ2v) is 14.7. The van der Waals surface area contributed by atoms with E-state index in [4.69, 9.17) is 9.47 Å². The fourth-order valence-electron chi connectivity index (χ4n) is 8.79. The predicted molar refractivity (Wildman–Crippen MR) is 149 cm³/mol. The second kappa shape index (κ2) is 10.5. The summed E-state index contributed by atoms with van der Waals surface area (Å²) in [6, 6.07) is 0. The lowest BCUT2D eigenvalue weighted by molar-refractivity contribution is -0.183. The van der Waals surface area contributed by atoms with Gasteiger partial charge in [0.1, 0.15) is 11.2 Å². The van der Waals surface area contributed by atoms with E-state index in [2.05, 4.69) is 20.8 Å². The summed E-state index contributed by atoms with van der Waals surface area (Å²) in [5.74, 6) is 5.38. The van der Waals surface area contributed by atoms with E-state index in [1.807, 2.05) is 34.6 Å². The lowest BCUT2D eigenvalue weighted by atomic mass is 9.65. The van der Waals surface area contributed by atoms with Crippen molar-refractivity contribution < 1.29 is 19.1 Å². The highest BCUT2D eigenvalue weighted by molar-refractivity contribution is 5.76. The summed E-state index contributed by atoms with van der Waals surface area (Å²) in [7, 11) is 0. The van der Waals surface area contributed by atoms with Crippen molar-refractivity contribution in [2.24, 2.45) is 46.3 Å². The number of carbonyl (C=O) groups is 2. The van der Waals surface area contributed by atoms with Gasteiger partial charge in [-0.25, -0.2) is 0 Å². The van der Waals surface area contributed by atoms with Crippen molar-refractivity contribution in [1.29, 1.82) is 0 Å². The highest BCUT2D eigenvalue weighted by Gasteiger charge is 2.68. The molecule has 0 aromatic carbocycles. The first-order chi connectivity index (χ1) is 17.4. The molecule has 5 rings (SSSR count). The number of carbonyl (C=O) groups excluding carboxylic acids is 2. The summed E-state index contributed by atoms with van der Waals surface area (Å²) in [6.07, 6.45) is 15.1. The zero-order chi connectivity index (χ0) is 27.2. The average molecular weight is 517 g/mol. The molecule has 7 unspecified atom stereocenters. The molecular formula is C33H56O4. The minimum atomic E-state index is -0.335. The molecular weight excluding hydrogens is 460 g/mol. The molecule has 0 radical (unpaired) electrons. The van der Waals surface area contributed by atoms with Crippen LogP contribution in [0.5, 0.6) is 0 Å². The molecule has 0 saturated heterocycles. The van der Waals surface area contributed by atoms with Gasteiger partial charge in [-0.15, -0.1) is 0 Å². The standard InChI is InChI=1S/C20H32O2.C13H24O2/c1-5-19(3,4)18(21)22-20(6-2)11-14-10-15(20)17-13-8-7-12(9-13)16(14)17;1-5-12(3,4)11(14)15-13(6-2)9-7-8-10-13/h12-17H,5-11H2,1-4H3;5-10H2,1-4H3. The van der Waals surface area contributed by atoms with Gasteiger partial charge in [-0.05, 0) is 141 Å². The van der Waals surface area contributed by atoms with E-state index < -0.39 is 0 Å². The number of rotatable bonds is 8. The summed E-state index contributed by atoms with van der Waals surface area (Å²) in [5.41, 5.74) is -0.924. The van der Waals surface area contributed by atoms with E-state index in [-0.39, 0.29) is 34.0 Å². The Kier molecular flexibility index (Phi) is 8.20. The summed E-state index contributed by atoms with van der Waals surface area (Å²) < 4.78 is 12.1. The summed E-state index contributed by atoms with van der Waals surface area (Å²) in [6.45, 7) is 16.5. The van der Waals surface area contributed by atoms with Gasteiger partial charge in [0.15, 0.2) is 0 Å². The molecule has 0 aromatic rings. The highest BCUT2D eigenvalue weighted by Crippen LogP contribution is 2.71. The molecule has 5 aliphatic carbocycles. The van der Waals surface area contributed by atoms with Gasteiger partial charge in [0.2, 0.25) is 0 Å². The minimum absolute atomic E-state index is 0.0197. The van der Waals surface area contributed by atoms with E-state index >= 15 is 0 Å². The van der Waals surface area contributed by atoms with Crippen LogP contribution in [-0.2, 0) is 19.1 Å². The summed E-state index contributed by atoms with van der Waals surface area (Å²) in [4.78, 5) is 24.7. The van der Waals surface area contributed by atoms with Crippen molar-refractivity contribution in [3.8, 4) is 0 Å². The zero-order valence-corrected chi connectivity index (χ0v) is 25.3. The van der Waals surface area contributed by atoms with Crippen LogP contribution in [0.3, 0.4) is 0 Å². The molecule has 5 fully saturated rings. The number of fused-ring (bicyclic) bond motifs is 9. The smallest absolute Gasteiger partial charge is 0.312 e. The first kappa shape index (κ1) is 28.9. The Bertz CT molecular complexity index is 837. The average Bonchev–Trinajstić information content (AvgIpc) is 3.70. The molecule has 0 aromatic heterocycles. The maximum Gasteiger partial charge on any atom is 0.312 e. The molecule has 0 amide bonds. The zero-order valence-electron chi connectivity index (χ0n) is 25.3. The molecule has 4 nitrogen and oxygen atoms in total. The molecule has 5 saturated carbocycles. The molecule has 37 heavy (non-hydrogen) atoms. The maximum atomic E-state index is 12.7. The van der Waals surface area contributed by atoms with Crippen LogP contribution < -0.4 is 0 Å². The van der Waals surface area contributed by atoms with E-state index in [1.165, 1.54) is 38.5 Å². The van der Waals surface area contributed by atoms with E-state index in [0.29, 0.717) is 5.92 Å². The van der Waals surface area contributed by atoms with E-state index in [1.54, 1.807) is 0 Å². The lowest BCUT2D eigenvalue weighted by Crippen LogP contribution is -2.49. The fourth-order valence-corrected chi connectivity index (χ4v) is 8.79. The molecule has 0 aliphatic heterocycles. The topological polar surface area (TPSA) is 52.6 Å². The van der Waals surface area contributed by atoms with Crippen molar-refractivity contribution in [3.63, 3.8) is 0 Å². The molecule has 212 valence electrons. The predicted octanol–water partition coefficient (Wildman–Crippen LogP) is 8.51. The molecule has 0 heterocycles. The largest absolute Gasteiger partial charge is 0.459 e. The van der Waals surface area contributed by atoms with Crippen LogP contribution in [0.25, 0.3) is 0 Å². The fraction of sp³-hybridized carbons (Fsp3) is 0.939. The molecule has 4 heteroatoms. The van der Waals surface area contributed by atoms with Gasteiger partial charge in [-0.2, -0.15) is 0 Å². The normalized spacial score (nSPS) is 37.2. The number of hydrogen-bond acceptors (Lipinski definition) is 4. The number of hydrogen-bond donors (Lipinski definition) is 0. The van der Waals surface area contributed by atoms with Crippen LogP contribution in [0.2, 0.25) is 0 Å². The third kappa shape index (κ3) is 5.13. The third-order valence-corrected chi connectivity index (χ3v) is 12.1. The van der Waals surface area contributed by atoms with Crippen LogP contribution in [0, 0.1) is 46.3 Å². The van der Waals surface area contributed by atoms with Crippen molar-refractivity contribution in [2.75, 3.05) is 0 Å². The van der Waals surface area contributed by atoms with Gasteiger partial charge in [-0.1, -0.05) is 27.7 Å². The van der Waals surface area contributed by atoms with Crippen LogP contribution in [0.4, 0.5) is 0 Å². The minimum Gasteiger partial charge on any atom is -0.459 e.